The zero-order chi connectivity index (χ0) is 20.4. The summed E-state index contributed by atoms with van der Waals surface area (Å²) in [5.74, 6) is -0.558. The summed E-state index contributed by atoms with van der Waals surface area (Å²) in [6.07, 6.45) is 8.73. The van der Waals surface area contributed by atoms with Crippen LogP contribution in [0.2, 0.25) is 0 Å². The number of halogens is 2. The molecule has 0 spiro atoms. The average molecular weight is 399 g/mol. The second kappa shape index (κ2) is 8.14. The van der Waals surface area contributed by atoms with E-state index in [1.807, 2.05) is 4.57 Å². The van der Waals surface area contributed by atoms with Crippen LogP contribution in [-0.2, 0) is 11.3 Å². The fraction of sp³-hybridized carbons (Fsp3) is 0.381. The summed E-state index contributed by atoms with van der Waals surface area (Å²) in [5, 5.41) is 2.73. The first-order valence-corrected chi connectivity index (χ1v) is 9.78. The minimum absolute atomic E-state index is 0.0846. The van der Waals surface area contributed by atoms with Crippen molar-refractivity contribution in [1.29, 1.82) is 0 Å². The first-order chi connectivity index (χ1) is 14.1. The van der Waals surface area contributed by atoms with Crippen molar-refractivity contribution in [3.05, 3.63) is 48.6 Å². The van der Waals surface area contributed by atoms with E-state index in [1.165, 1.54) is 6.07 Å². The van der Waals surface area contributed by atoms with Crippen molar-refractivity contribution in [2.75, 3.05) is 7.05 Å². The fourth-order valence-corrected chi connectivity index (χ4v) is 4.11. The molecule has 0 bridgehead atoms. The van der Waals surface area contributed by atoms with Gasteiger partial charge in [-0.1, -0.05) is 0 Å². The molecule has 0 aliphatic heterocycles. The molecule has 1 aromatic carbocycles. The van der Waals surface area contributed by atoms with Gasteiger partial charge in [0.05, 0.1) is 12.0 Å². The lowest BCUT2D eigenvalue weighted by atomic mass is 9.81. The number of hydrogen-bond donors (Lipinski definition) is 2. The number of imidazole rings is 2. The quantitative estimate of drug-likeness (QED) is 0.686. The summed E-state index contributed by atoms with van der Waals surface area (Å²) < 4.78 is 29.2. The van der Waals surface area contributed by atoms with Crippen molar-refractivity contribution in [2.45, 2.75) is 32.2 Å². The third-order valence-corrected chi connectivity index (χ3v) is 5.67. The van der Waals surface area contributed by atoms with Crippen molar-refractivity contribution in [1.82, 2.24) is 24.8 Å². The molecule has 1 aliphatic rings. The summed E-state index contributed by atoms with van der Waals surface area (Å²) in [4.78, 5) is 23.8. The molecule has 2 N–H and O–H groups in total. The fourth-order valence-electron chi connectivity index (χ4n) is 4.11. The Morgan fingerprint density at radius 3 is 2.66 bits per heavy atom. The largest absolute Gasteiger partial charge is 0.359 e. The average Bonchev–Trinajstić information content (AvgIpc) is 3.40. The smallest absolute Gasteiger partial charge is 0.222 e. The minimum atomic E-state index is -0.907. The number of benzene rings is 1. The van der Waals surface area contributed by atoms with Crippen molar-refractivity contribution in [3.8, 4) is 22.8 Å². The van der Waals surface area contributed by atoms with E-state index in [2.05, 4.69) is 20.3 Å². The van der Waals surface area contributed by atoms with Crippen LogP contribution in [0.4, 0.5) is 8.78 Å². The van der Waals surface area contributed by atoms with Gasteiger partial charge < -0.3 is 14.9 Å². The van der Waals surface area contributed by atoms with Gasteiger partial charge in [-0.25, -0.2) is 18.7 Å². The van der Waals surface area contributed by atoms with E-state index in [-0.39, 0.29) is 11.8 Å². The third-order valence-electron chi connectivity index (χ3n) is 5.67. The van der Waals surface area contributed by atoms with Crippen molar-refractivity contribution >= 4 is 5.91 Å². The van der Waals surface area contributed by atoms with E-state index in [9.17, 15) is 13.6 Å². The lowest BCUT2D eigenvalue weighted by molar-refractivity contribution is -0.125. The normalized spacial score (nSPS) is 19.3. The highest BCUT2D eigenvalue weighted by Gasteiger charge is 2.27. The summed E-state index contributed by atoms with van der Waals surface area (Å²) in [6, 6.07) is 3.78. The lowest BCUT2D eigenvalue weighted by Gasteiger charge is -2.28. The van der Waals surface area contributed by atoms with E-state index in [1.54, 1.807) is 25.8 Å². The molecule has 152 valence electrons. The SMILES string of the molecule is CNC(=O)C1CCC(Cn2cnc(-c3ccc(F)c(F)c3)c2-c2ncc[nH]2)CC1. The Kier molecular flexibility index (Phi) is 5.42. The van der Waals surface area contributed by atoms with Crippen molar-refractivity contribution in [2.24, 2.45) is 11.8 Å². The van der Waals surface area contributed by atoms with Crippen LogP contribution in [0.5, 0.6) is 0 Å². The molecular weight excluding hydrogens is 376 g/mol. The molecule has 3 aromatic rings. The van der Waals surface area contributed by atoms with Gasteiger partial charge in [-0.15, -0.1) is 0 Å². The number of nitrogens with one attached hydrogen (secondary N) is 2. The lowest BCUT2D eigenvalue weighted by Crippen LogP contribution is -2.31. The molecule has 1 amide bonds. The number of amides is 1. The summed E-state index contributed by atoms with van der Waals surface area (Å²) in [7, 11) is 1.68. The van der Waals surface area contributed by atoms with Crippen LogP contribution < -0.4 is 5.32 Å². The van der Waals surface area contributed by atoms with Crippen molar-refractivity contribution in [3.63, 3.8) is 0 Å². The van der Waals surface area contributed by atoms with Gasteiger partial charge in [-0.2, -0.15) is 0 Å². The molecule has 2 aromatic heterocycles. The maximum atomic E-state index is 13.8. The Morgan fingerprint density at radius 1 is 1.21 bits per heavy atom. The molecule has 1 fully saturated rings. The number of aromatic nitrogens is 4. The maximum Gasteiger partial charge on any atom is 0.222 e. The van der Waals surface area contributed by atoms with Crippen LogP contribution in [0, 0.1) is 23.5 Å². The van der Waals surface area contributed by atoms with Crippen LogP contribution in [-0.4, -0.2) is 32.5 Å². The molecule has 29 heavy (non-hydrogen) atoms. The second-order valence-electron chi connectivity index (χ2n) is 7.49. The van der Waals surface area contributed by atoms with E-state index >= 15 is 0 Å². The molecular formula is C21H23F2N5O. The molecule has 8 heteroatoms. The Morgan fingerprint density at radius 2 is 2.00 bits per heavy atom. The molecule has 0 saturated heterocycles. The second-order valence-corrected chi connectivity index (χ2v) is 7.49. The maximum absolute atomic E-state index is 13.8. The van der Waals surface area contributed by atoms with Gasteiger partial charge >= 0.3 is 0 Å². The number of rotatable bonds is 5. The number of carbonyl (C=O) groups excluding carboxylic acids is 1. The van der Waals surface area contributed by atoms with E-state index in [0.29, 0.717) is 23.0 Å². The Labute approximate surface area is 167 Å². The first-order valence-electron chi connectivity index (χ1n) is 9.78. The van der Waals surface area contributed by atoms with Gasteiger partial charge in [0.25, 0.3) is 0 Å². The van der Waals surface area contributed by atoms with E-state index in [4.69, 9.17) is 0 Å². The monoisotopic (exact) mass is 399 g/mol. The van der Waals surface area contributed by atoms with Gasteiger partial charge in [-0.05, 0) is 49.8 Å². The minimum Gasteiger partial charge on any atom is -0.359 e. The zero-order valence-corrected chi connectivity index (χ0v) is 16.2. The van der Waals surface area contributed by atoms with Crippen LogP contribution in [0.25, 0.3) is 22.8 Å². The zero-order valence-electron chi connectivity index (χ0n) is 16.2. The van der Waals surface area contributed by atoms with Gasteiger partial charge in [0.15, 0.2) is 17.5 Å². The summed E-state index contributed by atoms with van der Waals surface area (Å²) in [5.41, 5.74) is 1.80. The molecule has 1 aliphatic carbocycles. The van der Waals surface area contributed by atoms with E-state index < -0.39 is 11.6 Å². The van der Waals surface area contributed by atoms with Crippen LogP contribution in [0.1, 0.15) is 25.7 Å². The molecule has 0 atom stereocenters. The number of aromatic amines is 1. The van der Waals surface area contributed by atoms with Crippen LogP contribution in [0.15, 0.2) is 36.9 Å². The van der Waals surface area contributed by atoms with Gasteiger partial charge in [-0.3, -0.25) is 4.79 Å². The Balaban J connectivity index is 1.60. The number of H-pyrrole nitrogens is 1. The Hall–Kier alpha value is -3.03. The topological polar surface area (TPSA) is 75.6 Å². The van der Waals surface area contributed by atoms with Crippen LogP contribution >= 0.6 is 0 Å². The van der Waals surface area contributed by atoms with Crippen LogP contribution in [0.3, 0.4) is 0 Å². The molecule has 0 radical (unpaired) electrons. The number of hydrogen-bond acceptors (Lipinski definition) is 3. The summed E-state index contributed by atoms with van der Waals surface area (Å²) in [6.45, 7) is 0.729. The Bertz CT molecular complexity index is 991. The van der Waals surface area contributed by atoms with Gasteiger partial charge in [0.1, 0.15) is 5.69 Å². The highest BCUT2D eigenvalue weighted by molar-refractivity contribution is 5.78. The number of carbonyl (C=O) groups is 1. The highest BCUT2D eigenvalue weighted by Crippen LogP contribution is 2.34. The first kappa shape index (κ1) is 19.3. The molecule has 6 nitrogen and oxygen atoms in total. The highest BCUT2D eigenvalue weighted by atomic mass is 19.2. The molecule has 4 rings (SSSR count). The van der Waals surface area contributed by atoms with Gasteiger partial charge in [0, 0.05) is 37.5 Å². The predicted octanol–water partition coefficient (Wildman–Crippen LogP) is 3.77. The third kappa shape index (κ3) is 3.92. The molecule has 0 unspecified atom stereocenters. The van der Waals surface area contributed by atoms with E-state index in [0.717, 1.165) is 50.1 Å². The standard InChI is InChI=1S/C21H23F2N5O/c1-24-21(29)14-4-2-13(3-5-14)11-28-12-27-18(19(28)20-25-8-9-26-20)15-6-7-16(22)17(23)10-15/h6-10,12-14H,2-5,11H2,1H3,(H,24,29)(H,25,26). The predicted molar refractivity (Wildman–Crippen MR) is 105 cm³/mol. The van der Waals surface area contributed by atoms with Gasteiger partial charge in [0.2, 0.25) is 5.91 Å². The molecule has 1 saturated carbocycles. The summed E-state index contributed by atoms with van der Waals surface area (Å²) >= 11 is 0. The van der Waals surface area contributed by atoms with Crippen molar-refractivity contribution < 1.29 is 13.6 Å². The number of nitrogens with zero attached hydrogens (tertiary/aromatic N) is 3. The molecule has 2 heterocycles.